The molecule has 1 unspecified atom stereocenters. The van der Waals surface area contributed by atoms with Gasteiger partial charge in [0.15, 0.2) is 0 Å². The van der Waals surface area contributed by atoms with E-state index < -0.39 is 12.0 Å². The van der Waals surface area contributed by atoms with E-state index in [0.717, 1.165) is 16.8 Å². The van der Waals surface area contributed by atoms with E-state index in [1.807, 2.05) is 29.1 Å². The molecule has 1 atom stereocenters. The molecule has 96 valence electrons. The number of thiophene rings is 1. The van der Waals surface area contributed by atoms with Crippen LogP contribution in [-0.4, -0.2) is 21.5 Å². The van der Waals surface area contributed by atoms with Gasteiger partial charge in [-0.3, -0.25) is 10.1 Å². The Morgan fingerprint density at radius 3 is 2.94 bits per heavy atom. The molecule has 2 heterocycles. The van der Waals surface area contributed by atoms with Crippen LogP contribution in [0.5, 0.6) is 0 Å². The summed E-state index contributed by atoms with van der Waals surface area (Å²) in [5.41, 5.74) is 3.09. The van der Waals surface area contributed by atoms with Gasteiger partial charge in [0.05, 0.1) is 5.69 Å². The van der Waals surface area contributed by atoms with E-state index in [-0.39, 0.29) is 0 Å². The Morgan fingerprint density at radius 1 is 1.56 bits per heavy atom. The Bertz CT molecular complexity index is 508. The number of rotatable bonds is 6. The Balaban J connectivity index is 1.95. The van der Waals surface area contributed by atoms with Crippen LogP contribution in [0.15, 0.2) is 22.2 Å². The van der Waals surface area contributed by atoms with Crippen molar-refractivity contribution < 1.29 is 9.90 Å². The average molecular weight is 282 g/mol. The van der Waals surface area contributed by atoms with E-state index in [1.165, 1.54) is 11.5 Å². The number of aryl methyl sites for hydroxylation is 1. The number of hydrogen-bond donors (Lipinski definition) is 2. The second-order valence-corrected chi connectivity index (χ2v) is 5.44. The van der Waals surface area contributed by atoms with Gasteiger partial charge in [-0.1, -0.05) is 0 Å². The van der Waals surface area contributed by atoms with Crippen LogP contribution in [0.2, 0.25) is 0 Å². The molecular weight excluding hydrogens is 268 g/mol. The number of hydrogen-bond acceptors (Lipinski definition) is 5. The van der Waals surface area contributed by atoms with E-state index >= 15 is 0 Å². The summed E-state index contributed by atoms with van der Waals surface area (Å²) in [5, 5.41) is 18.2. The van der Waals surface area contributed by atoms with Crippen LogP contribution >= 0.6 is 22.9 Å². The van der Waals surface area contributed by atoms with E-state index in [1.54, 1.807) is 11.3 Å². The van der Waals surface area contributed by atoms with Crippen LogP contribution in [0.1, 0.15) is 16.8 Å². The second kappa shape index (κ2) is 6.08. The topological polar surface area (TPSA) is 62.2 Å². The van der Waals surface area contributed by atoms with Gasteiger partial charge in [0, 0.05) is 11.9 Å². The first-order valence-corrected chi connectivity index (χ1v) is 7.32. The van der Waals surface area contributed by atoms with Gasteiger partial charge in [-0.15, -0.1) is 0 Å². The summed E-state index contributed by atoms with van der Waals surface area (Å²) in [6.45, 7) is 2.48. The molecule has 0 amide bonds. The molecule has 0 aromatic carbocycles. The fourth-order valence-corrected chi connectivity index (χ4v) is 3.00. The second-order valence-electron chi connectivity index (χ2n) is 4.03. The third-order valence-electron chi connectivity index (χ3n) is 2.71. The van der Waals surface area contributed by atoms with Crippen LogP contribution in [0.3, 0.4) is 0 Å². The lowest BCUT2D eigenvalue weighted by atomic mass is 10.1. The smallest absolute Gasteiger partial charge is 0.321 e. The number of nitrogens with one attached hydrogen (secondary N) is 1. The van der Waals surface area contributed by atoms with Crippen LogP contribution in [0.4, 0.5) is 0 Å². The van der Waals surface area contributed by atoms with Crippen molar-refractivity contribution in [2.45, 2.75) is 25.9 Å². The summed E-state index contributed by atoms with van der Waals surface area (Å²) >= 11 is 2.98. The van der Waals surface area contributed by atoms with Gasteiger partial charge in [0.25, 0.3) is 0 Å². The van der Waals surface area contributed by atoms with Crippen LogP contribution < -0.4 is 5.32 Å². The van der Waals surface area contributed by atoms with Crippen molar-refractivity contribution in [3.05, 3.63) is 39.0 Å². The van der Waals surface area contributed by atoms with Gasteiger partial charge in [0.1, 0.15) is 6.04 Å². The number of carboxylic acid groups (broad SMARTS) is 1. The van der Waals surface area contributed by atoms with Crippen LogP contribution in [0, 0.1) is 6.92 Å². The SMILES string of the molecule is Cc1nscc1CNC(Cc1ccsc1)C(=O)O. The monoisotopic (exact) mass is 282 g/mol. The van der Waals surface area contributed by atoms with E-state index in [0.29, 0.717) is 13.0 Å². The first-order chi connectivity index (χ1) is 8.66. The maximum atomic E-state index is 11.2. The zero-order valence-electron chi connectivity index (χ0n) is 9.92. The summed E-state index contributed by atoms with van der Waals surface area (Å²) in [6, 6.07) is 1.40. The summed E-state index contributed by atoms with van der Waals surface area (Å²) in [5.74, 6) is -0.818. The molecule has 0 aliphatic heterocycles. The van der Waals surface area contributed by atoms with Crippen LogP contribution in [-0.2, 0) is 17.8 Å². The average Bonchev–Trinajstić information content (AvgIpc) is 2.96. The highest BCUT2D eigenvalue weighted by Crippen LogP contribution is 2.11. The molecule has 0 radical (unpaired) electrons. The van der Waals surface area contributed by atoms with Gasteiger partial charge in [0.2, 0.25) is 0 Å². The Hall–Kier alpha value is -1.24. The van der Waals surface area contributed by atoms with E-state index in [4.69, 9.17) is 0 Å². The number of aliphatic carboxylic acids is 1. The molecule has 4 nitrogen and oxygen atoms in total. The normalized spacial score (nSPS) is 12.5. The quantitative estimate of drug-likeness (QED) is 0.853. The molecule has 2 rings (SSSR count). The largest absolute Gasteiger partial charge is 0.480 e. The minimum absolute atomic E-state index is 0.509. The number of carboxylic acids is 1. The molecule has 0 saturated heterocycles. The third kappa shape index (κ3) is 3.38. The molecule has 0 aliphatic carbocycles. The van der Waals surface area contributed by atoms with Gasteiger partial charge in [-0.05, 0) is 52.8 Å². The summed E-state index contributed by atoms with van der Waals surface area (Å²) in [7, 11) is 0. The van der Waals surface area contributed by atoms with Gasteiger partial charge < -0.3 is 5.11 Å². The molecule has 2 N–H and O–H groups in total. The molecule has 0 saturated carbocycles. The van der Waals surface area contributed by atoms with Crippen molar-refractivity contribution in [1.29, 1.82) is 0 Å². The molecular formula is C12H14N2O2S2. The van der Waals surface area contributed by atoms with Crippen molar-refractivity contribution in [3.8, 4) is 0 Å². The lowest BCUT2D eigenvalue weighted by Gasteiger charge is -2.13. The standard InChI is InChI=1S/C12H14N2O2S2/c1-8-10(7-18-14-8)5-13-11(12(15)16)4-9-2-3-17-6-9/h2-3,6-7,11,13H,4-5H2,1H3,(H,15,16). The third-order valence-corrected chi connectivity index (χ3v) is 4.21. The number of nitrogens with zero attached hydrogens (tertiary/aromatic N) is 1. The Labute approximate surface area is 113 Å². The fraction of sp³-hybridized carbons (Fsp3) is 0.333. The number of carbonyl (C=O) groups is 1. The van der Waals surface area contributed by atoms with Gasteiger partial charge >= 0.3 is 5.97 Å². The molecule has 2 aromatic heterocycles. The van der Waals surface area contributed by atoms with Crippen molar-refractivity contribution in [1.82, 2.24) is 9.69 Å². The minimum atomic E-state index is -0.818. The first kappa shape index (κ1) is 13.2. The van der Waals surface area contributed by atoms with Crippen molar-refractivity contribution >= 4 is 28.8 Å². The molecule has 0 spiro atoms. The zero-order valence-corrected chi connectivity index (χ0v) is 11.6. The summed E-state index contributed by atoms with van der Waals surface area (Å²) < 4.78 is 4.17. The van der Waals surface area contributed by atoms with Crippen molar-refractivity contribution in [2.24, 2.45) is 0 Å². The van der Waals surface area contributed by atoms with Crippen LogP contribution in [0.25, 0.3) is 0 Å². The lowest BCUT2D eigenvalue weighted by molar-refractivity contribution is -0.139. The maximum Gasteiger partial charge on any atom is 0.321 e. The highest BCUT2D eigenvalue weighted by Gasteiger charge is 2.18. The Kier molecular flexibility index (Phi) is 4.46. The van der Waals surface area contributed by atoms with E-state index in [9.17, 15) is 9.90 Å². The highest BCUT2D eigenvalue weighted by molar-refractivity contribution is 7.08. The van der Waals surface area contributed by atoms with E-state index in [2.05, 4.69) is 9.69 Å². The molecule has 0 aliphatic rings. The predicted molar refractivity (Wildman–Crippen MR) is 73.1 cm³/mol. The van der Waals surface area contributed by atoms with Crippen molar-refractivity contribution in [2.75, 3.05) is 0 Å². The van der Waals surface area contributed by atoms with Gasteiger partial charge in [-0.2, -0.15) is 15.7 Å². The highest BCUT2D eigenvalue weighted by atomic mass is 32.1. The first-order valence-electron chi connectivity index (χ1n) is 5.54. The lowest BCUT2D eigenvalue weighted by Crippen LogP contribution is -2.38. The van der Waals surface area contributed by atoms with Crippen molar-refractivity contribution in [3.63, 3.8) is 0 Å². The molecule has 0 bridgehead atoms. The summed E-state index contributed by atoms with van der Waals surface area (Å²) in [4.78, 5) is 11.2. The van der Waals surface area contributed by atoms with Gasteiger partial charge in [-0.25, -0.2) is 0 Å². The molecule has 0 fully saturated rings. The summed E-state index contributed by atoms with van der Waals surface area (Å²) in [6.07, 6.45) is 0.509. The molecule has 6 heteroatoms. The molecule has 18 heavy (non-hydrogen) atoms. The zero-order chi connectivity index (χ0) is 13.0. The Morgan fingerprint density at radius 2 is 2.39 bits per heavy atom. The predicted octanol–water partition coefficient (Wildman–Crippen LogP) is 2.30. The fourth-order valence-electron chi connectivity index (χ4n) is 1.61. The molecule has 2 aromatic rings. The minimum Gasteiger partial charge on any atom is -0.480 e. The maximum absolute atomic E-state index is 11.2. The number of aromatic nitrogens is 1.